The molecule has 0 fully saturated rings. The molecule has 8 heteroatoms. The molecule has 166 valence electrons. The van der Waals surface area contributed by atoms with Gasteiger partial charge in [-0.2, -0.15) is 0 Å². The number of carbonyl (C=O) groups is 1. The number of aromatic nitrogens is 1. The lowest BCUT2D eigenvalue weighted by Gasteiger charge is -2.10. The van der Waals surface area contributed by atoms with E-state index in [0.29, 0.717) is 18.9 Å². The second-order valence-electron chi connectivity index (χ2n) is 6.87. The van der Waals surface area contributed by atoms with Crippen molar-refractivity contribution in [2.75, 3.05) is 20.2 Å². The number of carbonyl (C=O) groups excluding carboxylic acids is 1. The second kappa shape index (κ2) is 14.8. The fourth-order valence-electron chi connectivity index (χ4n) is 2.77. The molecule has 1 aromatic carbocycles. The Morgan fingerprint density at radius 1 is 1.13 bits per heavy atom. The number of nitrogens with zero attached hydrogens (tertiary/aromatic N) is 2. The standard InChI is InChI=1S/C22H32N4O3.HI/c1-4-23-22(24-14-8-6-5-7-9-20(27)28-3)25-15-19-16-29-21(26-19)18-12-10-17(2)11-13-18;/h10-13,16H,4-9,14-15H2,1-3H3,(H2,23,24,25);1H. The monoisotopic (exact) mass is 528 g/mol. The van der Waals surface area contributed by atoms with Crippen molar-refractivity contribution in [3.8, 4) is 11.5 Å². The van der Waals surface area contributed by atoms with Crippen LogP contribution in [0, 0.1) is 6.92 Å². The Bertz CT molecular complexity index is 775. The zero-order valence-corrected chi connectivity index (χ0v) is 20.4. The van der Waals surface area contributed by atoms with Crippen molar-refractivity contribution in [1.82, 2.24) is 15.6 Å². The zero-order chi connectivity index (χ0) is 20.9. The van der Waals surface area contributed by atoms with Gasteiger partial charge < -0.3 is 19.8 Å². The number of hydrogen-bond donors (Lipinski definition) is 2. The van der Waals surface area contributed by atoms with E-state index in [1.165, 1.54) is 12.7 Å². The number of unbranched alkanes of at least 4 members (excludes halogenated alkanes) is 3. The van der Waals surface area contributed by atoms with Crippen molar-refractivity contribution in [3.63, 3.8) is 0 Å². The summed E-state index contributed by atoms with van der Waals surface area (Å²) < 4.78 is 10.2. The van der Waals surface area contributed by atoms with Gasteiger partial charge in [-0.15, -0.1) is 24.0 Å². The van der Waals surface area contributed by atoms with Gasteiger partial charge in [-0.05, 0) is 38.8 Å². The molecule has 0 radical (unpaired) electrons. The van der Waals surface area contributed by atoms with E-state index >= 15 is 0 Å². The van der Waals surface area contributed by atoms with E-state index in [4.69, 9.17) is 4.42 Å². The second-order valence-corrected chi connectivity index (χ2v) is 6.87. The van der Waals surface area contributed by atoms with Crippen molar-refractivity contribution < 1.29 is 13.9 Å². The van der Waals surface area contributed by atoms with Crippen molar-refractivity contribution in [2.45, 2.75) is 52.5 Å². The molecule has 1 heterocycles. The lowest BCUT2D eigenvalue weighted by Crippen LogP contribution is -2.37. The largest absolute Gasteiger partial charge is 0.469 e. The molecule has 30 heavy (non-hydrogen) atoms. The third-order valence-electron chi connectivity index (χ3n) is 4.42. The molecular weight excluding hydrogens is 495 g/mol. The highest BCUT2D eigenvalue weighted by atomic mass is 127. The van der Waals surface area contributed by atoms with Crippen LogP contribution < -0.4 is 10.6 Å². The predicted molar refractivity (Wildman–Crippen MR) is 130 cm³/mol. The van der Waals surface area contributed by atoms with Crippen LogP contribution in [0.15, 0.2) is 39.9 Å². The number of guanidine groups is 1. The first-order valence-electron chi connectivity index (χ1n) is 10.2. The molecule has 0 saturated carbocycles. The average molecular weight is 528 g/mol. The smallest absolute Gasteiger partial charge is 0.305 e. The molecule has 0 spiro atoms. The Balaban J connectivity index is 0.00000450. The minimum absolute atomic E-state index is 0. The third-order valence-corrected chi connectivity index (χ3v) is 4.42. The van der Waals surface area contributed by atoms with Crippen LogP contribution in [0.5, 0.6) is 0 Å². The van der Waals surface area contributed by atoms with Crippen LogP contribution in [0.4, 0.5) is 0 Å². The molecule has 0 unspecified atom stereocenters. The summed E-state index contributed by atoms with van der Waals surface area (Å²) in [5.74, 6) is 1.24. The van der Waals surface area contributed by atoms with E-state index in [1.54, 1.807) is 6.26 Å². The van der Waals surface area contributed by atoms with Crippen LogP contribution in [0.3, 0.4) is 0 Å². The molecule has 2 aromatic rings. The molecule has 0 saturated heterocycles. The lowest BCUT2D eigenvalue weighted by molar-refractivity contribution is -0.140. The quantitative estimate of drug-likeness (QED) is 0.147. The maximum absolute atomic E-state index is 11.1. The maximum Gasteiger partial charge on any atom is 0.305 e. The molecule has 2 rings (SSSR count). The van der Waals surface area contributed by atoms with Gasteiger partial charge in [0.1, 0.15) is 12.0 Å². The number of halogens is 1. The highest BCUT2D eigenvalue weighted by Gasteiger charge is 2.07. The first-order valence-corrected chi connectivity index (χ1v) is 10.2. The molecule has 0 bridgehead atoms. The van der Waals surface area contributed by atoms with Crippen LogP contribution in [0.2, 0.25) is 0 Å². The van der Waals surface area contributed by atoms with Crippen molar-refractivity contribution >= 4 is 35.9 Å². The minimum atomic E-state index is -0.136. The van der Waals surface area contributed by atoms with Gasteiger partial charge in [-0.3, -0.25) is 4.79 Å². The van der Waals surface area contributed by atoms with E-state index in [2.05, 4.69) is 32.3 Å². The van der Waals surface area contributed by atoms with E-state index in [0.717, 1.165) is 56.0 Å². The number of nitrogens with one attached hydrogen (secondary N) is 2. The van der Waals surface area contributed by atoms with Crippen molar-refractivity contribution in [3.05, 3.63) is 41.8 Å². The van der Waals surface area contributed by atoms with E-state index in [9.17, 15) is 4.79 Å². The van der Waals surface area contributed by atoms with Crippen LogP contribution in [0.25, 0.3) is 11.5 Å². The maximum atomic E-state index is 11.1. The molecule has 2 N–H and O–H groups in total. The Morgan fingerprint density at radius 3 is 2.57 bits per heavy atom. The van der Waals surface area contributed by atoms with Gasteiger partial charge in [0.25, 0.3) is 0 Å². The predicted octanol–water partition coefficient (Wildman–Crippen LogP) is 4.45. The van der Waals surface area contributed by atoms with Gasteiger partial charge in [-0.25, -0.2) is 9.98 Å². The first-order chi connectivity index (χ1) is 14.1. The summed E-state index contributed by atoms with van der Waals surface area (Å²) in [6.07, 6.45) is 6.13. The molecule has 1 aromatic heterocycles. The van der Waals surface area contributed by atoms with E-state index < -0.39 is 0 Å². The van der Waals surface area contributed by atoms with E-state index in [-0.39, 0.29) is 29.9 Å². The Hall–Kier alpha value is -2.10. The molecule has 0 aliphatic carbocycles. The third kappa shape index (κ3) is 9.60. The lowest BCUT2D eigenvalue weighted by atomic mass is 10.1. The van der Waals surface area contributed by atoms with Crippen molar-refractivity contribution in [1.29, 1.82) is 0 Å². The SMILES string of the molecule is CCNC(=NCc1coc(-c2ccc(C)cc2)n1)NCCCCCCC(=O)OC.I. The normalized spacial score (nSPS) is 11.0. The summed E-state index contributed by atoms with van der Waals surface area (Å²) in [6, 6.07) is 8.09. The number of ether oxygens (including phenoxy) is 1. The number of aryl methyl sites for hydroxylation is 1. The average Bonchev–Trinajstić information content (AvgIpc) is 3.20. The van der Waals surface area contributed by atoms with Gasteiger partial charge in [0.2, 0.25) is 5.89 Å². The summed E-state index contributed by atoms with van der Waals surface area (Å²) >= 11 is 0. The van der Waals surface area contributed by atoms with Gasteiger partial charge in [0, 0.05) is 25.1 Å². The zero-order valence-electron chi connectivity index (χ0n) is 18.1. The fourth-order valence-corrected chi connectivity index (χ4v) is 2.77. The van der Waals surface area contributed by atoms with Gasteiger partial charge >= 0.3 is 5.97 Å². The number of methoxy groups -OCH3 is 1. The summed E-state index contributed by atoms with van der Waals surface area (Å²) in [5.41, 5.74) is 2.96. The molecule has 0 aliphatic heterocycles. The highest BCUT2D eigenvalue weighted by molar-refractivity contribution is 14.0. The first kappa shape index (κ1) is 25.9. The summed E-state index contributed by atoms with van der Waals surface area (Å²) in [4.78, 5) is 20.2. The highest BCUT2D eigenvalue weighted by Crippen LogP contribution is 2.19. The molecule has 7 nitrogen and oxygen atoms in total. The Kier molecular flexibility index (Phi) is 12.8. The number of oxazole rings is 1. The van der Waals surface area contributed by atoms with Crippen LogP contribution in [0.1, 0.15) is 50.3 Å². The minimum Gasteiger partial charge on any atom is -0.469 e. The molecule has 0 amide bonds. The van der Waals surface area contributed by atoms with E-state index in [1.807, 2.05) is 31.2 Å². The van der Waals surface area contributed by atoms with Gasteiger partial charge in [0.05, 0.1) is 13.7 Å². The van der Waals surface area contributed by atoms with Crippen molar-refractivity contribution in [2.24, 2.45) is 4.99 Å². The van der Waals surface area contributed by atoms with Crippen LogP contribution in [-0.2, 0) is 16.1 Å². The number of hydrogen-bond acceptors (Lipinski definition) is 5. The van der Waals surface area contributed by atoms with Crippen LogP contribution >= 0.6 is 24.0 Å². The topological polar surface area (TPSA) is 88.8 Å². The summed E-state index contributed by atoms with van der Waals surface area (Å²) in [6.45, 7) is 6.16. The number of rotatable bonds is 11. The van der Waals surface area contributed by atoms with Crippen LogP contribution in [-0.4, -0.2) is 37.1 Å². The molecule has 0 aliphatic rings. The number of esters is 1. The summed E-state index contributed by atoms with van der Waals surface area (Å²) in [7, 11) is 1.43. The number of benzene rings is 1. The summed E-state index contributed by atoms with van der Waals surface area (Å²) in [5, 5.41) is 6.58. The fraction of sp³-hybridized carbons (Fsp3) is 0.500. The number of aliphatic imine (C=N–C) groups is 1. The molecular formula is C22H33IN4O3. The van der Waals surface area contributed by atoms with Gasteiger partial charge in [-0.1, -0.05) is 30.5 Å². The Labute approximate surface area is 196 Å². The Morgan fingerprint density at radius 2 is 1.87 bits per heavy atom. The molecule has 0 atom stereocenters. The van der Waals surface area contributed by atoms with Gasteiger partial charge in [0.15, 0.2) is 5.96 Å².